The van der Waals surface area contributed by atoms with Crippen LogP contribution in [0.4, 0.5) is 0 Å². The first kappa shape index (κ1) is 16.1. The Kier molecular flexibility index (Phi) is 6.96. The minimum atomic E-state index is -3.54. The highest BCUT2D eigenvalue weighted by Gasteiger charge is 2.16. The average Bonchev–Trinajstić information content (AvgIpc) is 2.42. The average molecular weight is 288 g/mol. The minimum absolute atomic E-state index is 0.182. The fourth-order valence-electron chi connectivity index (χ4n) is 1.50. The van der Waals surface area contributed by atoms with Crippen LogP contribution >= 0.6 is 0 Å². The van der Waals surface area contributed by atoms with Crippen LogP contribution in [-0.4, -0.2) is 41.9 Å². The third-order valence-electron chi connectivity index (χ3n) is 2.45. The molecule has 0 atom stereocenters. The number of hydrogen-bond acceptors (Lipinski definition) is 5. The second-order valence-corrected chi connectivity index (χ2v) is 5.55. The minimum Gasteiger partial charge on any atom is -0.382 e. The van der Waals surface area contributed by atoms with Crippen molar-refractivity contribution in [2.75, 3.05) is 33.5 Å². The summed E-state index contributed by atoms with van der Waals surface area (Å²) in [6, 6.07) is 6.66. The van der Waals surface area contributed by atoms with Gasteiger partial charge in [-0.2, -0.15) is 0 Å². The third kappa shape index (κ3) is 5.25. The van der Waals surface area contributed by atoms with Gasteiger partial charge in [0, 0.05) is 20.2 Å². The lowest BCUT2D eigenvalue weighted by atomic mass is 10.2. The van der Waals surface area contributed by atoms with Gasteiger partial charge in [-0.1, -0.05) is 18.2 Å². The molecule has 6 nitrogen and oxygen atoms in total. The number of rotatable bonds is 9. The molecule has 0 spiro atoms. The molecule has 0 saturated heterocycles. The molecule has 0 aliphatic rings. The predicted molar refractivity (Wildman–Crippen MR) is 72.2 cm³/mol. The van der Waals surface area contributed by atoms with Crippen molar-refractivity contribution in [1.82, 2.24) is 4.72 Å². The maximum atomic E-state index is 12.1. The molecule has 1 rings (SSSR count). The van der Waals surface area contributed by atoms with E-state index in [-0.39, 0.29) is 18.0 Å². The van der Waals surface area contributed by atoms with Crippen molar-refractivity contribution >= 4 is 10.0 Å². The van der Waals surface area contributed by atoms with Crippen LogP contribution in [0.5, 0.6) is 0 Å². The van der Waals surface area contributed by atoms with Crippen LogP contribution in [0.3, 0.4) is 0 Å². The van der Waals surface area contributed by atoms with Crippen molar-refractivity contribution in [3.8, 4) is 0 Å². The number of nitrogens with two attached hydrogens (primary N) is 1. The monoisotopic (exact) mass is 288 g/mol. The van der Waals surface area contributed by atoms with Gasteiger partial charge in [0.05, 0.1) is 24.7 Å². The molecule has 0 saturated carbocycles. The molecule has 19 heavy (non-hydrogen) atoms. The molecule has 1 aromatic rings. The van der Waals surface area contributed by atoms with Crippen molar-refractivity contribution < 1.29 is 17.9 Å². The quantitative estimate of drug-likeness (QED) is 0.628. The topological polar surface area (TPSA) is 90.6 Å². The van der Waals surface area contributed by atoms with Gasteiger partial charge >= 0.3 is 0 Å². The summed E-state index contributed by atoms with van der Waals surface area (Å²) in [6.45, 7) is 1.63. The first-order chi connectivity index (χ1) is 9.11. The van der Waals surface area contributed by atoms with Crippen LogP contribution < -0.4 is 10.5 Å². The highest BCUT2D eigenvalue weighted by atomic mass is 32.2. The maximum Gasteiger partial charge on any atom is 0.240 e. The van der Waals surface area contributed by atoms with Gasteiger partial charge in [-0.15, -0.1) is 0 Å². The lowest BCUT2D eigenvalue weighted by Gasteiger charge is -2.10. The van der Waals surface area contributed by atoms with E-state index >= 15 is 0 Å². The molecule has 0 amide bonds. The number of benzene rings is 1. The van der Waals surface area contributed by atoms with Gasteiger partial charge in [0.15, 0.2) is 0 Å². The molecule has 0 aromatic heterocycles. The van der Waals surface area contributed by atoms with Crippen molar-refractivity contribution in [2.24, 2.45) is 5.73 Å². The summed E-state index contributed by atoms with van der Waals surface area (Å²) in [7, 11) is -1.96. The molecule has 7 heteroatoms. The summed E-state index contributed by atoms with van der Waals surface area (Å²) < 4.78 is 36.6. The molecule has 1 aromatic carbocycles. The van der Waals surface area contributed by atoms with E-state index in [9.17, 15) is 8.42 Å². The van der Waals surface area contributed by atoms with Gasteiger partial charge < -0.3 is 15.2 Å². The van der Waals surface area contributed by atoms with Crippen molar-refractivity contribution in [3.05, 3.63) is 29.8 Å². The molecule has 0 radical (unpaired) electrons. The lowest BCUT2D eigenvalue weighted by Crippen LogP contribution is -2.28. The normalized spacial score (nSPS) is 11.7. The van der Waals surface area contributed by atoms with E-state index in [1.54, 1.807) is 25.3 Å². The molecule has 108 valence electrons. The Morgan fingerprint density at radius 3 is 2.63 bits per heavy atom. The molecule has 0 fully saturated rings. The van der Waals surface area contributed by atoms with Crippen LogP contribution in [-0.2, 0) is 26.0 Å². The zero-order valence-corrected chi connectivity index (χ0v) is 11.8. The highest BCUT2D eigenvalue weighted by molar-refractivity contribution is 7.89. The van der Waals surface area contributed by atoms with Crippen molar-refractivity contribution in [2.45, 2.75) is 11.4 Å². The molecule has 0 unspecified atom stereocenters. The Bertz CT molecular complexity index is 476. The van der Waals surface area contributed by atoms with Crippen molar-refractivity contribution in [3.63, 3.8) is 0 Å². The Balaban J connectivity index is 2.52. The molecule has 0 heterocycles. The van der Waals surface area contributed by atoms with Gasteiger partial charge in [0.2, 0.25) is 10.0 Å². The van der Waals surface area contributed by atoms with Crippen LogP contribution in [0.15, 0.2) is 29.2 Å². The van der Waals surface area contributed by atoms with Crippen molar-refractivity contribution in [1.29, 1.82) is 0 Å². The number of ether oxygens (including phenoxy) is 2. The largest absolute Gasteiger partial charge is 0.382 e. The fraction of sp³-hybridized carbons (Fsp3) is 0.500. The Labute approximate surface area is 113 Å². The van der Waals surface area contributed by atoms with Crippen LogP contribution in [0.25, 0.3) is 0 Å². The zero-order valence-electron chi connectivity index (χ0n) is 11.0. The molecular weight excluding hydrogens is 268 g/mol. The van der Waals surface area contributed by atoms with Gasteiger partial charge in [-0.25, -0.2) is 13.1 Å². The summed E-state index contributed by atoms with van der Waals surface area (Å²) >= 11 is 0. The van der Waals surface area contributed by atoms with E-state index in [1.165, 1.54) is 6.07 Å². The maximum absolute atomic E-state index is 12.1. The number of nitrogens with one attached hydrogen (secondary N) is 1. The van der Waals surface area contributed by atoms with E-state index in [2.05, 4.69) is 4.72 Å². The van der Waals surface area contributed by atoms with E-state index in [4.69, 9.17) is 15.2 Å². The van der Waals surface area contributed by atoms with E-state index in [0.29, 0.717) is 25.4 Å². The number of hydrogen-bond donors (Lipinski definition) is 2. The predicted octanol–water partition coefficient (Wildman–Crippen LogP) is 0.0866. The highest BCUT2D eigenvalue weighted by Crippen LogP contribution is 2.14. The zero-order chi connectivity index (χ0) is 14.1. The second kappa shape index (κ2) is 8.23. The number of sulfonamides is 1. The van der Waals surface area contributed by atoms with Gasteiger partial charge in [0.25, 0.3) is 0 Å². The second-order valence-electron chi connectivity index (χ2n) is 3.81. The summed E-state index contributed by atoms with van der Waals surface area (Å²) in [5, 5.41) is 0. The lowest BCUT2D eigenvalue weighted by molar-refractivity contribution is 0.0736. The van der Waals surface area contributed by atoms with E-state index in [0.717, 1.165) is 0 Å². The molecular formula is C12H20N2O4S. The van der Waals surface area contributed by atoms with Crippen LogP contribution in [0, 0.1) is 0 Å². The molecule has 3 N–H and O–H groups in total. The van der Waals surface area contributed by atoms with Gasteiger partial charge in [-0.3, -0.25) is 0 Å². The van der Waals surface area contributed by atoms with Crippen LogP contribution in [0.2, 0.25) is 0 Å². The summed E-state index contributed by atoms with van der Waals surface area (Å²) in [5.74, 6) is 0. The standard InChI is InChI=1S/C12H20N2O4S/c1-17-8-9-18-7-6-14-19(15,16)12-5-3-2-4-11(12)10-13/h2-5,14H,6-10,13H2,1H3. The van der Waals surface area contributed by atoms with E-state index in [1.807, 2.05) is 0 Å². The smallest absolute Gasteiger partial charge is 0.240 e. The molecule has 0 aliphatic heterocycles. The SMILES string of the molecule is COCCOCCNS(=O)(=O)c1ccccc1CN. The summed E-state index contributed by atoms with van der Waals surface area (Å²) in [5.41, 5.74) is 6.12. The third-order valence-corrected chi connectivity index (χ3v) is 4.01. The van der Waals surface area contributed by atoms with Gasteiger partial charge in [0.1, 0.15) is 0 Å². The van der Waals surface area contributed by atoms with E-state index < -0.39 is 10.0 Å². The van der Waals surface area contributed by atoms with Crippen LogP contribution in [0.1, 0.15) is 5.56 Å². The first-order valence-corrected chi connectivity index (χ1v) is 7.44. The summed E-state index contributed by atoms with van der Waals surface area (Å²) in [6.07, 6.45) is 0. The first-order valence-electron chi connectivity index (χ1n) is 5.96. The Morgan fingerprint density at radius 2 is 1.95 bits per heavy atom. The summed E-state index contributed by atoms with van der Waals surface area (Å²) in [4.78, 5) is 0.217. The Hall–Kier alpha value is -0.990. The Morgan fingerprint density at radius 1 is 1.21 bits per heavy atom. The number of methoxy groups -OCH3 is 1. The molecule has 0 aliphatic carbocycles. The molecule has 0 bridgehead atoms. The van der Waals surface area contributed by atoms with Gasteiger partial charge in [-0.05, 0) is 11.6 Å². The fourth-order valence-corrected chi connectivity index (χ4v) is 2.77.